The van der Waals surface area contributed by atoms with E-state index in [0.29, 0.717) is 23.7 Å². The van der Waals surface area contributed by atoms with Gasteiger partial charge in [0.1, 0.15) is 17.2 Å². The van der Waals surface area contributed by atoms with Crippen LogP contribution in [0.3, 0.4) is 0 Å². The van der Waals surface area contributed by atoms with Crippen molar-refractivity contribution in [2.45, 2.75) is 51.2 Å². The number of aromatic nitrogens is 2. The fourth-order valence-corrected chi connectivity index (χ4v) is 4.93. The van der Waals surface area contributed by atoms with Gasteiger partial charge in [-0.15, -0.1) is 0 Å². The van der Waals surface area contributed by atoms with E-state index in [9.17, 15) is 13.2 Å². The maximum atomic E-state index is 13.0. The molecule has 0 saturated carbocycles. The molecule has 9 nitrogen and oxygen atoms in total. The van der Waals surface area contributed by atoms with Crippen LogP contribution in [-0.4, -0.2) is 29.8 Å². The van der Waals surface area contributed by atoms with Crippen LogP contribution in [0, 0.1) is 0 Å². The zero-order valence-corrected chi connectivity index (χ0v) is 20.7. The van der Waals surface area contributed by atoms with E-state index in [1.165, 1.54) is 12.1 Å². The Hall–Kier alpha value is -3.63. The predicted octanol–water partition coefficient (Wildman–Crippen LogP) is 3.72. The minimum absolute atomic E-state index is 0.00257. The summed E-state index contributed by atoms with van der Waals surface area (Å²) in [4.78, 5) is 17.5. The minimum atomic E-state index is -3.81. The molecule has 0 aliphatic carbocycles. The number of furan rings is 1. The van der Waals surface area contributed by atoms with Gasteiger partial charge in [0, 0.05) is 36.1 Å². The van der Waals surface area contributed by atoms with Gasteiger partial charge in [-0.3, -0.25) is 4.79 Å². The monoisotopic (exact) mass is 495 g/mol. The third kappa shape index (κ3) is 6.09. The number of sulfonamides is 1. The molecule has 0 aliphatic heterocycles. The van der Waals surface area contributed by atoms with Crippen molar-refractivity contribution in [1.29, 1.82) is 0 Å². The quantitative estimate of drug-likeness (QED) is 0.309. The van der Waals surface area contributed by atoms with Crippen molar-refractivity contribution in [3.8, 4) is 0 Å². The summed E-state index contributed by atoms with van der Waals surface area (Å²) in [7, 11) is -3.81. The molecule has 184 valence electrons. The molecule has 4 aromatic rings. The number of aryl methyl sites for hydroxylation is 1. The van der Waals surface area contributed by atoms with Crippen molar-refractivity contribution in [3.05, 3.63) is 83.7 Å². The van der Waals surface area contributed by atoms with Gasteiger partial charge in [0.2, 0.25) is 10.0 Å². The van der Waals surface area contributed by atoms with E-state index in [-0.39, 0.29) is 23.0 Å². The zero-order chi connectivity index (χ0) is 25.0. The number of nitrogens with one attached hydrogen (secondary N) is 3. The van der Waals surface area contributed by atoms with Gasteiger partial charge in [0.05, 0.1) is 23.7 Å². The highest BCUT2D eigenvalue weighted by Gasteiger charge is 2.19. The first-order chi connectivity index (χ1) is 16.7. The normalized spacial score (nSPS) is 11.8. The molecule has 10 heteroatoms. The summed E-state index contributed by atoms with van der Waals surface area (Å²) in [5.74, 6) is 1.18. The van der Waals surface area contributed by atoms with Crippen molar-refractivity contribution < 1.29 is 17.6 Å². The Balaban J connectivity index is 1.56. The lowest BCUT2D eigenvalue weighted by molar-refractivity contribution is 0.0950. The molecule has 0 unspecified atom stereocenters. The van der Waals surface area contributed by atoms with Gasteiger partial charge in [-0.25, -0.2) is 18.1 Å². The Bertz CT molecular complexity index is 1410. The van der Waals surface area contributed by atoms with Gasteiger partial charge in [-0.1, -0.05) is 13.0 Å². The fraction of sp³-hybridized carbons (Fsp3) is 0.280. The van der Waals surface area contributed by atoms with Gasteiger partial charge in [0.25, 0.3) is 5.91 Å². The minimum Gasteiger partial charge on any atom is -0.464 e. The molecular weight excluding hydrogens is 466 g/mol. The standard InChI is InChI=1S/C25H29N5O4S/c1-4-21-8-9-22(34-21)15-26-19-11-18(12-23(13-19)35(32,33)29-17(2)3)25(31)27-14-20-16-30-10-6-5-7-24(30)28-20/h5-13,16-17,26,29H,4,14-15H2,1-3H3,(H,27,31). The van der Waals surface area contributed by atoms with Gasteiger partial charge < -0.3 is 19.5 Å². The smallest absolute Gasteiger partial charge is 0.251 e. The molecule has 35 heavy (non-hydrogen) atoms. The van der Waals surface area contributed by atoms with E-state index in [1.54, 1.807) is 19.9 Å². The van der Waals surface area contributed by atoms with Gasteiger partial charge in [0.15, 0.2) is 0 Å². The Labute approximate surface area is 204 Å². The SMILES string of the molecule is CCc1ccc(CNc2cc(C(=O)NCc3cn4ccccc4n3)cc(S(=O)(=O)NC(C)C)c2)o1. The molecule has 0 fully saturated rings. The Kier molecular flexibility index (Phi) is 7.23. The van der Waals surface area contributed by atoms with Crippen LogP contribution in [0.25, 0.3) is 5.65 Å². The predicted molar refractivity (Wildman–Crippen MR) is 134 cm³/mol. The van der Waals surface area contributed by atoms with Crippen molar-refractivity contribution >= 4 is 27.3 Å². The molecule has 4 rings (SSSR count). The lowest BCUT2D eigenvalue weighted by Gasteiger charge is -2.14. The van der Waals surface area contributed by atoms with Crippen LogP contribution >= 0.6 is 0 Å². The molecular formula is C25H29N5O4S. The number of carbonyl (C=O) groups excluding carboxylic acids is 1. The van der Waals surface area contributed by atoms with Crippen molar-refractivity contribution in [1.82, 2.24) is 19.4 Å². The molecule has 0 atom stereocenters. The average molecular weight is 496 g/mol. The lowest BCUT2D eigenvalue weighted by Crippen LogP contribution is -2.30. The number of amides is 1. The second-order valence-electron chi connectivity index (χ2n) is 8.48. The maximum Gasteiger partial charge on any atom is 0.251 e. The largest absolute Gasteiger partial charge is 0.464 e. The van der Waals surface area contributed by atoms with E-state index in [1.807, 2.05) is 54.0 Å². The van der Waals surface area contributed by atoms with Crippen LogP contribution in [-0.2, 0) is 29.5 Å². The van der Waals surface area contributed by atoms with E-state index in [4.69, 9.17) is 4.42 Å². The summed E-state index contributed by atoms with van der Waals surface area (Å²) in [5.41, 5.74) is 2.18. The van der Waals surface area contributed by atoms with Crippen molar-refractivity contribution in [2.75, 3.05) is 5.32 Å². The molecule has 0 saturated heterocycles. The van der Waals surface area contributed by atoms with Crippen LogP contribution in [0.15, 0.2) is 70.2 Å². The van der Waals surface area contributed by atoms with Gasteiger partial charge in [-0.2, -0.15) is 0 Å². The fourth-order valence-electron chi connectivity index (χ4n) is 3.61. The second-order valence-corrected chi connectivity index (χ2v) is 10.2. The van der Waals surface area contributed by atoms with Gasteiger partial charge in [-0.05, 0) is 56.3 Å². The summed E-state index contributed by atoms with van der Waals surface area (Å²) in [6, 6.07) is 13.6. The summed E-state index contributed by atoms with van der Waals surface area (Å²) in [6.45, 7) is 6.04. The summed E-state index contributed by atoms with van der Waals surface area (Å²) in [5, 5.41) is 6.00. The Morgan fingerprint density at radius 2 is 1.89 bits per heavy atom. The van der Waals surface area contributed by atoms with Crippen molar-refractivity contribution in [2.24, 2.45) is 0 Å². The van der Waals surface area contributed by atoms with Crippen LogP contribution in [0.5, 0.6) is 0 Å². The average Bonchev–Trinajstić information content (AvgIpc) is 3.46. The highest BCUT2D eigenvalue weighted by Crippen LogP contribution is 2.21. The summed E-state index contributed by atoms with van der Waals surface area (Å²) >= 11 is 0. The second kappa shape index (κ2) is 10.3. The molecule has 0 aliphatic rings. The third-order valence-corrected chi connectivity index (χ3v) is 6.88. The van der Waals surface area contributed by atoms with Crippen LogP contribution in [0.2, 0.25) is 0 Å². The third-order valence-electron chi connectivity index (χ3n) is 5.25. The van der Waals surface area contributed by atoms with E-state index in [2.05, 4.69) is 20.3 Å². The first kappa shape index (κ1) is 24.5. The first-order valence-electron chi connectivity index (χ1n) is 11.4. The van der Waals surface area contributed by atoms with Crippen LogP contribution < -0.4 is 15.4 Å². The number of pyridine rings is 1. The lowest BCUT2D eigenvalue weighted by atomic mass is 10.2. The zero-order valence-electron chi connectivity index (χ0n) is 19.9. The molecule has 0 spiro atoms. The van der Waals surface area contributed by atoms with Crippen LogP contribution in [0.1, 0.15) is 48.3 Å². The summed E-state index contributed by atoms with van der Waals surface area (Å²) < 4.78 is 35.9. The van der Waals surface area contributed by atoms with E-state index in [0.717, 1.165) is 17.8 Å². The molecule has 3 N–H and O–H groups in total. The number of hydrogen-bond acceptors (Lipinski definition) is 6. The van der Waals surface area contributed by atoms with Crippen LogP contribution in [0.4, 0.5) is 5.69 Å². The molecule has 1 amide bonds. The number of anilines is 1. The molecule has 3 heterocycles. The number of benzene rings is 1. The first-order valence-corrected chi connectivity index (χ1v) is 12.9. The van der Waals surface area contributed by atoms with E-state index >= 15 is 0 Å². The number of hydrogen-bond donors (Lipinski definition) is 3. The molecule has 3 aromatic heterocycles. The summed E-state index contributed by atoms with van der Waals surface area (Å²) in [6.07, 6.45) is 4.50. The number of imidazole rings is 1. The molecule has 0 bridgehead atoms. The topological polar surface area (TPSA) is 118 Å². The van der Waals surface area contributed by atoms with Crippen molar-refractivity contribution in [3.63, 3.8) is 0 Å². The highest BCUT2D eigenvalue weighted by atomic mass is 32.2. The highest BCUT2D eigenvalue weighted by molar-refractivity contribution is 7.89. The number of rotatable bonds is 10. The Morgan fingerprint density at radius 3 is 2.60 bits per heavy atom. The number of carbonyl (C=O) groups is 1. The molecule has 0 radical (unpaired) electrons. The molecule has 1 aromatic carbocycles. The van der Waals surface area contributed by atoms with E-state index < -0.39 is 15.9 Å². The maximum absolute atomic E-state index is 13.0. The number of fused-ring (bicyclic) bond motifs is 1. The van der Waals surface area contributed by atoms with Gasteiger partial charge >= 0.3 is 0 Å². The number of nitrogens with zero attached hydrogens (tertiary/aromatic N) is 2. The Morgan fingerprint density at radius 1 is 1.09 bits per heavy atom.